The van der Waals surface area contributed by atoms with Crippen molar-refractivity contribution < 1.29 is 9.53 Å². The Bertz CT molecular complexity index is 661. The van der Waals surface area contributed by atoms with Crippen LogP contribution in [0.2, 0.25) is 0 Å². The average Bonchev–Trinajstić information content (AvgIpc) is 3.35. The highest BCUT2D eigenvalue weighted by molar-refractivity contribution is 5.88. The van der Waals surface area contributed by atoms with E-state index in [2.05, 4.69) is 17.4 Å². The molecule has 1 saturated carbocycles. The summed E-state index contributed by atoms with van der Waals surface area (Å²) in [5.41, 5.74) is 1.06. The lowest BCUT2D eigenvalue weighted by Gasteiger charge is -2.13. The fourth-order valence-electron chi connectivity index (χ4n) is 2.51. The summed E-state index contributed by atoms with van der Waals surface area (Å²) in [6.07, 6.45) is 2.51. The van der Waals surface area contributed by atoms with Gasteiger partial charge >= 0.3 is 0 Å². The van der Waals surface area contributed by atoms with Crippen LogP contribution in [0, 0.1) is 5.92 Å². The third-order valence-corrected chi connectivity index (χ3v) is 4.23. The number of ether oxygens (including phenoxy) is 1. The van der Waals surface area contributed by atoms with E-state index in [1.807, 2.05) is 31.2 Å². The van der Waals surface area contributed by atoms with Crippen molar-refractivity contribution in [1.29, 1.82) is 0 Å². The van der Waals surface area contributed by atoms with Gasteiger partial charge in [0.25, 0.3) is 0 Å². The summed E-state index contributed by atoms with van der Waals surface area (Å²) in [5, 5.41) is 5.31. The predicted molar refractivity (Wildman–Crippen MR) is 84.6 cm³/mol. The van der Waals surface area contributed by atoms with Crippen LogP contribution < -0.4 is 10.1 Å². The molecule has 3 heteroatoms. The van der Waals surface area contributed by atoms with E-state index in [-0.39, 0.29) is 11.8 Å². The number of fused-ring (bicyclic) bond motifs is 1. The van der Waals surface area contributed by atoms with Crippen molar-refractivity contribution in [2.75, 3.05) is 13.7 Å². The maximum absolute atomic E-state index is 12.2. The molecule has 0 bridgehead atoms. The van der Waals surface area contributed by atoms with Gasteiger partial charge in [-0.25, -0.2) is 0 Å². The number of rotatable bonds is 5. The van der Waals surface area contributed by atoms with Crippen molar-refractivity contribution in [2.24, 2.45) is 5.92 Å². The number of benzene rings is 2. The molecule has 0 saturated heterocycles. The molecule has 1 aliphatic rings. The zero-order valence-electron chi connectivity index (χ0n) is 12.6. The van der Waals surface area contributed by atoms with Crippen LogP contribution in [0.25, 0.3) is 10.8 Å². The number of carbonyl (C=O) groups excluding carboxylic acids is 1. The minimum Gasteiger partial charge on any atom is -0.497 e. The van der Waals surface area contributed by atoms with Crippen molar-refractivity contribution in [2.45, 2.75) is 25.7 Å². The second-order valence-corrected chi connectivity index (χ2v) is 5.88. The molecule has 3 nitrogen and oxygen atoms in total. The van der Waals surface area contributed by atoms with Gasteiger partial charge in [0.2, 0.25) is 5.91 Å². The van der Waals surface area contributed by atoms with Gasteiger partial charge in [-0.05, 0) is 54.2 Å². The molecular weight excluding hydrogens is 262 g/mol. The number of amides is 1. The average molecular weight is 283 g/mol. The second kappa shape index (κ2) is 5.76. The smallest absolute Gasteiger partial charge is 0.227 e. The summed E-state index contributed by atoms with van der Waals surface area (Å²) in [6, 6.07) is 12.2. The molecule has 0 aliphatic heterocycles. The largest absolute Gasteiger partial charge is 0.497 e. The maximum Gasteiger partial charge on any atom is 0.227 e. The van der Waals surface area contributed by atoms with E-state index in [0.717, 1.165) is 28.6 Å². The van der Waals surface area contributed by atoms with Gasteiger partial charge in [-0.3, -0.25) is 4.79 Å². The van der Waals surface area contributed by atoms with Crippen LogP contribution in [0.4, 0.5) is 0 Å². The predicted octanol–water partition coefficient (Wildman–Crippen LogP) is 3.48. The first-order valence-electron chi connectivity index (χ1n) is 7.53. The minimum atomic E-state index is -0.116. The molecule has 0 spiro atoms. The van der Waals surface area contributed by atoms with E-state index in [1.165, 1.54) is 12.8 Å². The highest BCUT2D eigenvalue weighted by Crippen LogP contribution is 2.28. The Morgan fingerprint density at radius 3 is 2.67 bits per heavy atom. The molecule has 110 valence electrons. The topological polar surface area (TPSA) is 38.3 Å². The van der Waals surface area contributed by atoms with Crippen LogP contribution >= 0.6 is 0 Å². The minimum absolute atomic E-state index is 0.116. The Morgan fingerprint density at radius 2 is 1.95 bits per heavy atom. The van der Waals surface area contributed by atoms with Gasteiger partial charge in [0, 0.05) is 6.54 Å². The molecule has 1 fully saturated rings. The van der Waals surface area contributed by atoms with Crippen molar-refractivity contribution in [3.63, 3.8) is 0 Å². The van der Waals surface area contributed by atoms with Crippen LogP contribution in [0.5, 0.6) is 5.75 Å². The molecular formula is C18H21NO2. The van der Waals surface area contributed by atoms with Gasteiger partial charge in [-0.1, -0.05) is 24.3 Å². The summed E-state index contributed by atoms with van der Waals surface area (Å²) in [4.78, 5) is 12.2. The van der Waals surface area contributed by atoms with E-state index in [1.54, 1.807) is 7.11 Å². The Kier molecular flexibility index (Phi) is 3.82. The van der Waals surface area contributed by atoms with Crippen LogP contribution in [0.15, 0.2) is 36.4 Å². The summed E-state index contributed by atoms with van der Waals surface area (Å²) >= 11 is 0. The standard InChI is InChI=1S/C18H21NO2/c1-12(18(20)19-11-13-3-4-13)14-5-6-16-10-17(21-2)8-7-15(16)9-14/h5-10,12-13H,3-4,11H2,1-2H3,(H,19,20)/t12-/m0/s1. The zero-order chi connectivity index (χ0) is 14.8. The quantitative estimate of drug-likeness (QED) is 0.912. The molecule has 3 rings (SSSR count). The first kappa shape index (κ1) is 13.9. The van der Waals surface area contributed by atoms with Crippen LogP contribution in [-0.2, 0) is 4.79 Å². The molecule has 0 aromatic heterocycles. The monoisotopic (exact) mass is 283 g/mol. The Hall–Kier alpha value is -2.03. The summed E-state index contributed by atoms with van der Waals surface area (Å²) in [6.45, 7) is 2.79. The third kappa shape index (κ3) is 3.18. The van der Waals surface area contributed by atoms with Gasteiger partial charge in [-0.2, -0.15) is 0 Å². The van der Waals surface area contributed by atoms with Crippen LogP contribution in [-0.4, -0.2) is 19.6 Å². The lowest BCUT2D eigenvalue weighted by Crippen LogP contribution is -2.29. The molecule has 1 amide bonds. The van der Waals surface area contributed by atoms with E-state index in [0.29, 0.717) is 5.92 Å². The van der Waals surface area contributed by atoms with Crippen LogP contribution in [0.1, 0.15) is 31.2 Å². The van der Waals surface area contributed by atoms with Gasteiger partial charge in [-0.15, -0.1) is 0 Å². The summed E-state index contributed by atoms with van der Waals surface area (Å²) < 4.78 is 5.23. The van der Waals surface area contributed by atoms with E-state index in [4.69, 9.17) is 4.74 Å². The Morgan fingerprint density at radius 1 is 1.24 bits per heavy atom. The fraction of sp³-hybridized carbons (Fsp3) is 0.389. The molecule has 1 atom stereocenters. The van der Waals surface area contributed by atoms with E-state index < -0.39 is 0 Å². The lowest BCUT2D eigenvalue weighted by molar-refractivity contribution is -0.122. The normalized spacial score (nSPS) is 15.7. The first-order valence-corrected chi connectivity index (χ1v) is 7.53. The maximum atomic E-state index is 12.2. The second-order valence-electron chi connectivity index (χ2n) is 5.88. The number of hydrogen-bond donors (Lipinski definition) is 1. The van der Waals surface area contributed by atoms with Gasteiger partial charge < -0.3 is 10.1 Å². The molecule has 0 radical (unpaired) electrons. The van der Waals surface area contributed by atoms with Crippen molar-refractivity contribution in [3.8, 4) is 5.75 Å². The molecule has 2 aromatic rings. The first-order chi connectivity index (χ1) is 10.2. The zero-order valence-corrected chi connectivity index (χ0v) is 12.6. The lowest BCUT2D eigenvalue weighted by atomic mass is 9.97. The summed E-state index contributed by atoms with van der Waals surface area (Å²) in [5.74, 6) is 1.57. The molecule has 21 heavy (non-hydrogen) atoms. The molecule has 0 unspecified atom stereocenters. The number of carbonyl (C=O) groups is 1. The van der Waals surface area contributed by atoms with Crippen molar-refractivity contribution in [3.05, 3.63) is 42.0 Å². The van der Waals surface area contributed by atoms with Crippen LogP contribution in [0.3, 0.4) is 0 Å². The van der Waals surface area contributed by atoms with Crippen molar-refractivity contribution in [1.82, 2.24) is 5.32 Å². The van der Waals surface area contributed by atoms with Gasteiger partial charge in [0.05, 0.1) is 13.0 Å². The van der Waals surface area contributed by atoms with Crippen molar-refractivity contribution >= 4 is 16.7 Å². The Balaban J connectivity index is 1.77. The Labute approximate surface area is 125 Å². The number of methoxy groups -OCH3 is 1. The highest BCUT2D eigenvalue weighted by atomic mass is 16.5. The third-order valence-electron chi connectivity index (χ3n) is 4.23. The van der Waals surface area contributed by atoms with Gasteiger partial charge in [0.1, 0.15) is 5.75 Å². The molecule has 1 N–H and O–H groups in total. The SMILES string of the molecule is COc1ccc2cc([C@H](C)C(=O)NCC3CC3)ccc2c1. The van der Waals surface area contributed by atoms with E-state index in [9.17, 15) is 4.79 Å². The number of hydrogen-bond acceptors (Lipinski definition) is 2. The van der Waals surface area contributed by atoms with Gasteiger partial charge in [0.15, 0.2) is 0 Å². The molecule has 2 aromatic carbocycles. The van der Waals surface area contributed by atoms with E-state index >= 15 is 0 Å². The highest BCUT2D eigenvalue weighted by Gasteiger charge is 2.23. The fourth-order valence-corrected chi connectivity index (χ4v) is 2.51. The number of nitrogens with one attached hydrogen (secondary N) is 1. The molecule has 1 aliphatic carbocycles. The summed E-state index contributed by atoms with van der Waals surface area (Å²) in [7, 11) is 1.67. The molecule has 0 heterocycles.